The highest BCUT2D eigenvalue weighted by Gasteiger charge is 2.24. The second-order valence-corrected chi connectivity index (χ2v) is 4.53. The van der Waals surface area contributed by atoms with Crippen LogP contribution in [0.1, 0.15) is 12.8 Å². The van der Waals surface area contributed by atoms with Crippen LogP contribution in [0.2, 0.25) is 5.02 Å². The number of hydrogen-bond acceptors (Lipinski definition) is 2. The van der Waals surface area contributed by atoms with Crippen molar-refractivity contribution in [2.45, 2.75) is 18.9 Å². The Balaban J connectivity index is 2.26. The molecule has 0 N–H and O–H groups in total. The van der Waals surface area contributed by atoms with Gasteiger partial charge in [0.2, 0.25) is 0 Å². The summed E-state index contributed by atoms with van der Waals surface area (Å²) < 4.78 is 0. The second-order valence-electron chi connectivity index (χ2n) is 3.47. The summed E-state index contributed by atoms with van der Waals surface area (Å²) in [7, 11) is 0. The highest BCUT2D eigenvalue weighted by molar-refractivity contribution is 9.09. The molecule has 1 aliphatic rings. The zero-order chi connectivity index (χ0) is 9.97. The normalized spacial score (nSPS) is 21.6. The molecule has 1 aromatic heterocycles. The van der Waals surface area contributed by atoms with E-state index in [0.717, 1.165) is 22.6 Å². The van der Waals surface area contributed by atoms with Crippen LogP contribution in [0.4, 0.5) is 5.69 Å². The van der Waals surface area contributed by atoms with E-state index in [1.54, 1.807) is 12.4 Å². The Kier molecular flexibility index (Phi) is 3.29. The average molecular weight is 276 g/mol. The first-order chi connectivity index (χ1) is 6.83. The first-order valence-electron chi connectivity index (χ1n) is 4.75. The SMILES string of the molecule is Clc1cnccc1N1CCCC1CBr. The van der Waals surface area contributed by atoms with Crippen molar-refractivity contribution in [2.24, 2.45) is 0 Å². The lowest BCUT2D eigenvalue weighted by Crippen LogP contribution is -2.30. The number of alkyl halides is 1. The fourth-order valence-electron chi connectivity index (χ4n) is 1.91. The van der Waals surface area contributed by atoms with Crippen LogP contribution in [0, 0.1) is 0 Å². The third-order valence-corrected chi connectivity index (χ3v) is 3.65. The lowest BCUT2D eigenvalue weighted by molar-refractivity contribution is 0.749. The summed E-state index contributed by atoms with van der Waals surface area (Å²) in [5.41, 5.74) is 1.11. The van der Waals surface area contributed by atoms with Crippen molar-refractivity contribution < 1.29 is 0 Å². The van der Waals surface area contributed by atoms with Gasteiger partial charge in [-0.1, -0.05) is 27.5 Å². The summed E-state index contributed by atoms with van der Waals surface area (Å²) in [5.74, 6) is 0. The second kappa shape index (κ2) is 4.49. The van der Waals surface area contributed by atoms with Crippen molar-refractivity contribution in [2.75, 3.05) is 16.8 Å². The number of hydrogen-bond donors (Lipinski definition) is 0. The van der Waals surface area contributed by atoms with E-state index in [0.29, 0.717) is 6.04 Å². The van der Waals surface area contributed by atoms with Crippen LogP contribution in [-0.4, -0.2) is 22.9 Å². The zero-order valence-electron chi connectivity index (χ0n) is 7.79. The van der Waals surface area contributed by atoms with E-state index < -0.39 is 0 Å². The quantitative estimate of drug-likeness (QED) is 0.771. The first-order valence-corrected chi connectivity index (χ1v) is 6.25. The maximum atomic E-state index is 6.11. The molecule has 76 valence electrons. The number of pyridine rings is 1. The van der Waals surface area contributed by atoms with E-state index in [9.17, 15) is 0 Å². The van der Waals surface area contributed by atoms with Crippen molar-refractivity contribution in [3.8, 4) is 0 Å². The molecule has 14 heavy (non-hydrogen) atoms. The zero-order valence-corrected chi connectivity index (χ0v) is 10.1. The number of rotatable bonds is 2. The highest BCUT2D eigenvalue weighted by Crippen LogP contribution is 2.31. The van der Waals surface area contributed by atoms with Gasteiger partial charge in [0, 0.05) is 30.3 Å². The van der Waals surface area contributed by atoms with Crippen LogP contribution in [0.5, 0.6) is 0 Å². The number of nitrogens with zero attached hydrogens (tertiary/aromatic N) is 2. The van der Waals surface area contributed by atoms with Crippen molar-refractivity contribution in [1.29, 1.82) is 0 Å². The Bertz CT molecular complexity index is 319. The van der Waals surface area contributed by atoms with E-state index in [-0.39, 0.29) is 0 Å². The lowest BCUT2D eigenvalue weighted by atomic mass is 10.2. The molecule has 0 radical (unpaired) electrons. The topological polar surface area (TPSA) is 16.1 Å². The number of halogens is 2. The fourth-order valence-corrected chi connectivity index (χ4v) is 2.82. The largest absolute Gasteiger partial charge is 0.366 e. The Morgan fingerprint density at radius 2 is 2.50 bits per heavy atom. The summed E-state index contributed by atoms with van der Waals surface area (Å²) >= 11 is 9.65. The molecule has 1 saturated heterocycles. The molecular weight excluding hydrogens is 263 g/mol. The highest BCUT2D eigenvalue weighted by atomic mass is 79.9. The summed E-state index contributed by atoms with van der Waals surface area (Å²) in [4.78, 5) is 6.36. The Morgan fingerprint density at radius 1 is 1.64 bits per heavy atom. The summed E-state index contributed by atoms with van der Waals surface area (Å²) in [5, 5.41) is 1.76. The minimum atomic E-state index is 0.579. The van der Waals surface area contributed by atoms with Crippen LogP contribution in [0.25, 0.3) is 0 Å². The summed E-state index contributed by atoms with van der Waals surface area (Å²) in [6, 6.07) is 2.57. The van der Waals surface area contributed by atoms with E-state index >= 15 is 0 Å². The smallest absolute Gasteiger partial charge is 0.0822 e. The van der Waals surface area contributed by atoms with Gasteiger partial charge in [-0.15, -0.1) is 0 Å². The summed E-state index contributed by atoms with van der Waals surface area (Å²) in [6.45, 7) is 1.10. The van der Waals surface area contributed by atoms with Gasteiger partial charge in [0.1, 0.15) is 0 Å². The molecule has 2 rings (SSSR count). The molecule has 4 heteroatoms. The molecule has 0 amide bonds. The maximum Gasteiger partial charge on any atom is 0.0822 e. The van der Waals surface area contributed by atoms with Gasteiger partial charge in [-0.3, -0.25) is 4.98 Å². The minimum absolute atomic E-state index is 0.579. The molecule has 0 spiro atoms. The molecule has 0 aromatic carbocycles. The predicted molar refractivity (Wildman–Crippen MR) is 63.4 cm³/mol. The van der Waals surface area contributed by atoms with Gasteiger partial charge in [-0.2, -0.15) is 0 Å². The Morgan fingerprint density at radius 3 is 3.21 bits per heavy atom. The molecule has 2 nitrogen and oxygen atoms in total. The average Bonchev–Trinajstić information content (AvgIpc) is 2.66. The third kappa shape index (κ3) is 1.89. The van der Waals surface area contributed by atoms with Crippen LogP contribution >= 0.6 is 27.5 Å². The van der Waals surface area contributed by atoms with Gasteiger partial charge in [0.05, 0.1) is 10.7 Å². The summed E-state index contributed by atoms with van der Waals surface area (Å²) in [6.07, 6.45) is 5.99. The van der Waals surface area contributed by atoms with Crippen molar-refractivity contribution in [3.05, 3.63) is 23.5 Å². The van der Waals surface area contributed by atoms with Crippen LogP contribution < -0.4 is 4.90 Å². The molecule has 0 bridgehead atoms. The van der Waals surface area contributed by atoms with Gasteiger partial charge in [0.25, 0.3) is 0 Å². The van der Waals surface area contributed by atoms with Gasteiger partial charge >= 0.3 is 0 Å². The molecule has 0 aliphatic carbocycles. The van der Waals surface area contributed by atoms with Gasteiger partial charge in [0.15, 0.2) is 0 Å². The standard InChI is InChI=1S/C10H12BrClN2/c11-6-8-2-1-5-14(8)10-3-4-13-7-9(10)12/h3-4,7-8H,1-2,5-6H2. The van der Waals surface area contributed by atoms with Gasteiger partial charge in [-0.25, -0.2) is 0 Å². The minimum Gasteiger partial charge on any atom is -0.366 e. The fraction of sp³-hybridized carbons (Fsp3) is 0.500. The molecule has 1 aliphatic heterocycles. The third-order valence-electron chi connectivity index (χ3n) is 2.62. The van der Waals surface area contributed by atoms with Gasteiger partial charge in [-0.05, 0) is 18.9 Å². The molecule has 2 heterocycles. The molecule has 1 unspecified atom stereocenters. The van der Waals surface area contributed by atoms with Gasteiger partial charge < -0.3 is 4.90 Å². The molecular formula is C10H12BrClN2. The van der Waals surface area contributed by atoms with Crippen LogP contribution in [-0.2, 0) is 0 Å². The first kappa shape index (κ1) is 10.2. The van der Waals surface area contributed by atoms with Crippen molar-refractivity contribution >= 4 is 33.2 Å². The Hall–Kier alpha value is -0.280. The van der Waals surface area contributed by atoms with E-state index in [4.69, 9.17) is 11.6 Å². The Labute approximate surface area is 97.4 Å². The molecule has 1 fully saturated rings. The molecule has 1 atom stereocenters. The number of anilines is 1. The van der Waals surface area contributed by atoms with Crippen molar-refractivity contribution in [1.82, 2.24) is 4.98 Å². The van der Waals surface area contributed by atoms with E-state index in [1.807, 2.05) is 6.07 Å². The van der Waals surface area contributed by atoms with Crippen LogP contribution in [0.15, 0.2) is 18.5 Å². The van der Waals surface area contributed by atoms with Crippen LogP contribution in [0.3, 0.4) is 0 Å². The number of aromatic nitrogens is 1. The predicted octanol–water partition coefficient (Wildman–Crippen LogP) is 3.10. The van der Waals surface area contributed by atoms with Crippen molar-refractivity contribution in [3.63, 3.8) is 0 Å². The maximum absolute atomic E-state index is 6.11. The lowest BCUT2D eigenvalue weighted by Gasteiger charge is -2.25. The van der Waals surface area contributed by atoms with E-state index in [1.165, 1.54) is 12.8 Å². The molecule has 0 saturated carbocycles. The molecule has 1 aromatic rings. The van der Waals surface area contributed by atoms with E-state index in [2.05, 4.69) is 25.8 Å². The monoisotopic (exact) mass is 274 g/mol.